The molecular weight excluding hydrogens is 328 g/mol. The van der Waals surface area contributed by atoms with E-state index in [1.54, 1.807) is 6.07 Å². The molecule has 1 aromatic heterocycles. The third-order valence-electron chi connectivity index (χ3n) is 3.44. The lowest BCUT2D eigenvalue weighted by atomic mass is 9.94. The number of halogens is 1. The molecule has 1 amide bonds. The molecule has 0 spiro atoms. The van der Waals surface area contributed by atoms with Crippen LogP contribution in [0.2, 0.25) is 0 Å². The van der Waals surface area contributed by atoms with Gasteiger partial charge in [-0.15, -0.1) is 0 Å². The summed E-state index contributed by atoms with van der Waals surface area (Å²) in [5, 5.41) is 3.57. The molecule has 0 aliphatic heterocycles. The predicted molar refractivity (Wildman–Crippen MR) is 81.8 cm³/mol. The number of pyridine rings is 1. The lowest BCUT2D eigenvalue weighted by Crippen LogP contribution is -2.43. The molecule has 1 aliphatic rings. The second-order valence-electron chi connectivity index (χ2n) is 4.70. The minimum Gasteiger partial charge on any atom is -0.348 e. The van der Waals surface area contributed by atoms with Crippen LogP contribution in [0.3, 0.4) is 0 Å². The average molecular weight is 345 g/mol. The molecule has 2 atom stereocenters. The van der Waals surface area contributed by atoms with Crippen molar-refractivity contribution in [2.75, 3.05) is 6.26 Å². The van der Waals surface area contributed by atoms with Gasteiger partial charge in [0.05, 0.1) is 10.0 Å². The Morgan fingerprint density at radius 1 is 1.47 bits per heavy atom. The first kappa shape index (κ1) is 14.7. The van der Waals surface area contributed by atoms with Gasteiger partial charge in [0.25, 0.3) is 11.5 Å². The Morgan fingerprint density at radius 3 is 2.89 bits per heavy atom. The van der Waals surface area contributed by atoms with Crippen molar-refractivity contribution in [1.29, 1.82) is 0 Å². The van der Waals surface area contributed by atoms with Crippen molar-refractivity contribution >= 4 is 33.6 Å². The van der Waals surface area contributed by atoms with Crippen LogP contribution in [0.25, 0.3) is 0 Å². The van der Waals surface area contributed by atoms with Gasteiger partial charge < -0.3 is 10.3 Å². The molecule has 0 radical (unpaired) electrons. The number of aromatic nitrogens is 1. The number of nitrogens with one attached hydrogen (secondary N) is 2. The minimum absolute atomic E-state index is 0.122. The molecule has 6 heteroatoms. The van der Waals surface area contributed by atoms with Gasteiger partial charge in [0, 0.05) is 17.5 Å². The van der Waals surface area contributed by atoms with Gasteiger partial charge in [-0.1, -0.05) is 12.8 Å². The largest absolute Gasteiger partial charge is 0.348 e. The maximum atomic E-state index is 12.2. The van der Waals surface area contributed by atoms with E-state index in [2.05, 4.69) is 32.5 Å². The lowest BCUT2D eigenvalue weighted by molar-refractivity contribution is 0.0929. The van der Waals surface area contributed by atoms with Crippen LogP contribution in [0.4, 0.5) is 0 Å². The topological polar surface area (TPSA) is 62.0 Å². The smallest absolute Gasteiger partial charge is 0.262 e. The Balaban J connectivity index is 2.07. The zero-order valence-corrected chi connectivity index (χ0v) is 13.1. The molecule has 0 saturated heterocycles. The molecule has 2 rings (SSSR count). The Morgan fingerprint density at radius 2 is 2.21 bits per heavy atom. The molecule has 19 heavy (non-hydrogen) atoms. The van der Waals surface area contributed by atoms with E-state index in [4.69, 9.17) is 0 Å². The fourth-order valence-corrected chi connectivity index (χ4v) is 3.68. The predicted octanol–water partition coefficient (Wildman–Crippen LogP) is 2.54. The van der Waals surface area contributed by atoms with Crippen molar-refractivity contribution in [3.63, 3.8) is 0 Å². The first-order chi connectivity index (χ1) is 9.11. The summed E-state index contributed by atoms with van der Waals surface area (Å²) in [5.74, 6) is -0.122. The number of thioether (sulfide) groups is 1. The highest BCUT2D eigenvalue weighted by atomic mass is 79.9. The zero-order chi connectivity index (χ0) is 13.8. The summed E-state index contributed by atoms with van der Waals surface area (Å²) >= 11 is 4.95. The maximum Gasteiger partial charge on any atom is 0.262 e. The molecular formula is C13H17BrN2O2S. The van der Waals surface area contributed by atoms with Gasteiger partial charge in [0.2, 0.25) is 0 Å². The summed E-state index contributed by atoms with van der Waals surface area (Å²) in [6, 6.07) is 1.78. The summed E-state index contributed by atoms with van der Waals surface area (Å²) in [7, 11) is 0. The van der Waals surface area contributed by atoms with Crippen LogP contribution in [0.15, 0.2) is 21.5 Å². The minimum atomic E-state index is -0.226. The Labute approximate surface area is 124 Å². The number of amides is 1. The second kappa shape index (κ2) is 6.61. The van der Waals surface area contributed by atoms with Crippen LogP contribution in [0.5, 0.6) is 0 Å². The van der Waals surface area contributed by atoms with Crippen molar-refractivity contribution in [3.05, 3.63) is 32.7 Å². The number of carbonyl (C=O) groups excluding carboxylic acids is 1. The quantitative estimate of drug-likeness (QED) is 0.885. The van der Waals surface area contributed by atoms with Crippen molar-refractivity contribution in [3.8, 4) is 0 Å². The number of aromatic amines is 1. The third kappa shape index (κ3) is 3.63. The van der Waals surface area contributed by atoms with Crippen molar-refractivity contribution < 1.29 is 4.79 Å². The number of rotatable bonds is 3. The number of H-pyrrole nitrogens is 1. The van der Waals surface area contributed by atoms with Gasteiger partial charge in [-0.3, -0.25) is 9.59 Å². The van der Waals surface area contributed by atoms with Crippen LogP contribution < -0.4 is 10.9 Å². The van der Waals surface area contributed by atoms with E-state index in [9.17, 15) is 9.59 Å². The summed E-state index contributed by atoms with van der Waals surface area (Å²) in [4.78, 5) is 26.0. The standard InChI is InChI=1S/C13H17BrN2O2S/c1-19-11-5-3-2-4-10(11)16-12(17)8-6-9(14)13(18)15-7-8/h6-7,10-11H,2-5H2,1H3,(H,15,18)(H,16,17)/t10-,11-/m0/s1. The van der Waals surface area contributed by atoms with E-state index in [0.717, 1.165) is 19.3 Å². The highest BCUT2D eigenvalue weighted by molar-refractivity contribution is 9.10. The molecule has 1 aromatic rings. The summed E-state index contributed by atoms with van der Waals surface area (Å²) in [6.45, 7) is 0. The average Bonchev–Trinajstić information content (AvgIpc) is 2.42. The summed E-state index contributed by atoms with van der Waals surface area (Å²) in [5.41, 5.74) is 0.258. The molecule has 1 saturated carbocycles. The Hall–Kier alpha value is -0.750. The third-order valence-corrected chi connectivity index (χ3v) is 5.20. The zero-order valence-electron chi connectivity index (χ0n) is 10.7. The van der Waals surface area contributed by atoms with Gasteiger partial charge in [0.15, 0.2) is 0 Å². The van der Waals surface area contributed by atoms with Gasteiger partial charge >= 0.3 is 0 Å². The van der Waals surface area contributed by atoms with E-state index in [-0.39, 0.29) is 17.5 Å². The molecule has 0 aromatic carbocycles. The second-order valence-corrected chi connectivity index (χ2v) is 6.64. The first-order valence-electron chi connectivity index (χ1n) is 6.33. The molecule has 4 nitrogen and oxygen atoms in total. The summed E-state index contributed by atoms with van der Waals surface area (Å²) in [6.07, 6.45) is 8.13. The van der Waals surface area contributed by atoms with E-state index < -0.39 is 0 Å². The molecule has 1 aliphatic carbocycles. The highest BCUT2D eigenvalue weighted by Crippen LogP contribution is 2.27. The van der Waals surface area contributed by atoms with Crippen LogP contribution in [0.1, 0.15) is 36.0 Å². The van der Waals surface area contributed by atoms with Crippen molar-refractivity contribution in [1.82, 2.24) is 10.3 Å². The van der Waals surface area contributed by atoms with Crippen LogP contribution >= 0.6 is 27.7 Å². The van der Waals surface area contributed by atoms with Crippen molar-refractivity contribution in [2.45, 2.75) is 37.0 Å². The molecule has 104 valence electrons. The SMILES string of the molecule is CS[C@H]1CCCC[C@@H]1NC(=O)c1c[nH]c(=O)c(Br)c1. The molecule has 0 bridgehead atoms. The molecule has 1 fully saturated rings. The molecule has 0 unspecified atom stereocenters. The number of hydrogen-bond acceptors (Lipinski definition) is 3. The molecule has 1 heterocycles. The van der Waals surface area contributed by atoms with E-state index >= 15 is 0 Å². The fourth-order valence-electron chi connectivity index (χ4n) is 2.38. The van der Waals surface area contributed by atoms with Gasteiger partial charge in [-0.25, -0.2) is 0 Å². The highest BCUT2D eigenvalue weighted by Gasteiger charge is 2.26. The monoisotopic (exact) mass is 344 g/mol. The fraction of sp³-hybridized carbons (Fsp3) is 0.538. The maximum absolute atomic E-state index is 12.2. The van der Waals surface area contributed by atoms with E-state index in [1.807, 2.05) is 11.8 Å². The van der Waals surface area contributed by atoms with Crippen LogP contribution in [-0.4, -0.2) is 28.4 Å². The summed E-state index contributed by atoms with van der Waals surface area (Å²) < 4.78 is 0.380. The molecule has 2 N–H and O–H groups in total. The van der Waals surface area contributed by atoms with Gasteiger partial charge in [-0.05, 0) is 41.1 Å². The first-order valence-corrected chi connectivity index (χ1v) is 8.42. The van der Waals surface area contributed by atoms with E-state index in [0.29, 0.717) is 15.3 Å². The van der Waals surface area contributed by atoms with Crippen LogP contribution in [0, 0.1) is 0 Å². The van der Waals surface area contributed by atoms with E-state index in [1.165, 1.54) is 12.6 Å². The Kier molecular flexibility index (Phi) is 5.10. The normalized spacial score (nSPS) is 23.1. The number of carbonyl (C=O) groups is 1. The van der Waals surface area contributed by atoms with Crippen LogP contribution in [-0.2, 0) is 0 Å². The lowest BCUT2D eigenvalue weighted by Gasteiger charge is -2.30. The van der Waals surface area contributed by atoms with Gasteiger partial charge in [-0.2, -0.15) is 11.8 Å². The Bertz CT molecular complexity index is 518. The number of hydrogen-bond donors (Lipinski definition) is 2. The van der Waals surface area contributed by atoms with Gasteiger partial charge in [0.1, 0.15) is 0 Å². The van der Waals surface area contributed by atoms with Crippen molar-refractivity contribution in [2.24, 2.45) is 0 Å².